The van der Waals surface area contributed by atoms with Crippen molar-refractivity contribution in [2.75, 3.05) is 0 Å². The molecule has 1 aromatic rings. The molecular weight excluding hydrogens is 221 g/mol. The molecule has 0 saturated heterocycles. The molecule has 14 heavy (non-hydrogen) atoms. The summed E-state index contributed by atoms with van der Waals surface area (Å²) in [7, 11) is 0. The smallest absolute Gasteiger partial charge is 0.386 e. The molecule has 1 aromatic heterocycles. The molecule has 0 aromatic carbocycles. The van der Waals surface area contributed by atoms with Crippen LogP contribution in [0, 0.1) is 6.20 Å². The second-order valence-corrected chi connectivity index (χ2v) is 3.20. The van der Waals surface area contributed by atoms with Crippen LogP contribution < -0.4 is 4.74 Å². The Labute approximate surface area is 83.4 Å². The summed E-state index contributed by atoms with van der Waals surface area (Å²) in [6.45, 7) is 3.31. The molecule has 3 nitrogen and oxygen atoms in total. The minimum absolute atomic E-state index is 0.281. The highest BCUT2D eigenvalue weighted by atomic mass is 35.5. The fourth-order valence-electron chi connectivity index (χ4n) is 0.843. The van der Waals surface area contributed by atoms with Gasteiger partial charge in [0.2, 0.25) is 5.88 Å². The number of halogens is 4. The van der Waals surface area contributed by atoms with E-state index < -0.39 is 12.2 Å². The number of ether oxygens (including phenoxy) is 1. The maximum atomic E-state index is 11.9. The molecule has 0 aliphatic carbocycles. The van der Waals surface area contributed by atoms with Gasteiger partial charge in [-0.25, -0.2) is 4.68 Å². The highest BCUT2D eigenvalue weighted by Crippen LogP contribution is 2.31. The number of nitrogens with zero attached hydrogens (tertiary/aromatic N) is 2. The number of hydrogen-bond acceptors (Lipinski definition) is 2. The molecule has 0 fully saturated rings. The van der Waals surface area contributed by atoms with Crippen LogP contribution in [0.3, 0.4) is 0 Å². The van der Waals surface area contributed by atoms with Crippen LogP contribution >= 0.6 is 11.6 Å². The standard InChI is InChI=1S/C7H7ClF3N2O/c1-4(2)13-6(5(8)3-12-13)14-7(9,10)11/h4H,1-2H3. The van der Waals surface area contributed by atoms with Crippen LogP contribution in [0.4, 0.5) is 13.2 Å². The zero-order chi connectivity index (χ0) is 10.9. The van der Waals surface area contributed by atoms with Crippen molar-refractivity contribution < 1.29 is 17.9 Å². The van der Waals surface area contributed by atoms with Crippen molar-refractivity contribution in [3.05, 3.63) is 11.2 Å². The van der Waals surface area contributed by atoms with Gasteiger partial charge in [0.1, 0.15) is 11.2 Å². The van der Waals surface area contributed by atoms with Gasteiger partial charge in [0.05, 0.1) is 6.04 Å². The van der Waals surface area contributed by atoms with Crippen molar-refractivity contribution in [3.63, 3.8) is 0 Å². The van der Waals surface area contributed by atoms with Gasteiger partial charge in [-0.2, -0.15) is 5.10 Å². The molecule has 1 rings (SSSR count). The summed E-state index contributed by atoms with van der Waals surface area (Å²) in [4.78, 5) is 0. The Kier molecular flexibility index (Phi) is 2.94. The highest BCUT2D eigenvalue weighted by Gasteiger charge is 2.34. The Hall–Kier alpha value is -0.910. The summed E-state index contributed by atoms with van der Waals surface area (Å²) in [5.41, 5.74) is 0. The molecule has 1 radical (unpaired) electrons. The molecule has 0 N–H and O–H groups in total. The Morgan fingerprint density at radius 2 is 2.07 bits per heavy atom. The van der Waals surface area contributed by atoms with Gasteiger partial charge >= 0.3 is 6.36 Å². The Morgan fingerprint density at radius 3 is 2.50 bits per heavy atom. The summed E-state index contributed by atoms with van der Waals surface area (Å²) >= 11 is 5.43. The largest absolute Gasteiger partial charge is 0.574 e. The first kappa shape index (κ1) is 11.2. The number of hydrogen-bond donors (Lipinski definition) is 0. The minimum atomic E-state index is -4.77. The number of aromatic nitrogens is 2. The Bertz CT molecular complexity index is 321. The second kappa shape index (κ2) is 3.68. The van der Waals surface area contributed by atoms with E-state index in [0.29, 0.717) is 0 Å². The fourth-order valence-corrected chi connectivity index (χ4v) is 1.01. The molecule has 0 aliphatic rings. The third-order valence-corrected chi connectivity index (χ3v) is 1.60. The van der Waals surface area contributed by atoms with Crippen molar-refractivity contribution in [1.29, 1.82) is 0 Å². The second-order valence-electron chi connectivity index (χ2n) is 2.82. The lowest BCUT2D eigenvalue weighted by Crippen LogP contribution is -2.20. The summed E-state index contributed by atoms with van der Waals surface area (Å²) in [6, 6.07) is -0.281. The molecule has 0 atom stereocenters. The van der Waals surface area contributed by atoms with Gasteiger partial charge in [-0.05, 0) is 13.8 Å². The normalized spacial score (nSPS) is 12.2. The van der Waals surface area contributed by atoms with Crippen molar-refractivity contribution in [3.8, 4) is 5.88 Å². The van der Waals surface area contributed by atoms with E-state index in [1.165, 1.54) is 0 Å². The fraction of sp³-hybridized carbons (Fsp3) is 0.571. The van der Waals surface area contributed by atoms with Crippen molar-refractivity contribution in [2.24, 2.45) is 0 Å². The average Bonchev–Trinajstić information content (AvgIpc) is 2.29. The van der Waals surface area contributed by atoms with Crippen LogP contribution in [0.15, 0.2) is 0 Å². The molecule has 7 heteroatoms. The Balaban J connectivity index is 3.00. The third-order valence-electron chi connectivity index (χ3n) is 1.35. The molecular formula is C7H7ClF3N2O. The number of rotatable bonds is 2. The van der Waals surface area contributed by atoms with Gasteiger partial charge in [-0.1, -0.05) is 11.6 Å². The maximum Gasteiger partial charge on any atom is 0.574 e. The predicted molar refractivity (Wildman–Crippen MR) is 43.1 cm³/mol. The van der Waals surface area contributed by atoms with Crippen LogP contribution in [0.25, 0.3) is 0 Å². The van der Waals surface area contributed by atoms with Gasteiger partial charge < -0.3 is 4.74 Å². The van der Waals surface area contributed by atoms with E-state index in [1.54, 1.807) is 13.8 Å². The molecule has 0 spiro atoms. The van der Waals surface area contributed by atoms with Crippen molar-refractivity contribution in [2.45, 2.75) is 26.3 Å². The van der Waals surface area contributed by atoms with Crippen LogP contribution in [0.2, 0.25) is 5.02 Å². The molecule has 0 amide bonds. The lowest BCUT2D eigenvalue weighted by Gasteiger charge is -2.13. The average molecular weight is 228 g/mol. The highest BCUT2D eigenvalue weighted by molar-refractivity contribution is 6.31. The molecule has 0 bridgehead atoms. The van der Waals surface area contributed by atoms with Gasteiger partial charge in [-0.3, -0.25) is 0 Å². The maximum absolute atomic E-state index is 11.9. The van der Waals surface area contributed by atoms with E-state index in [0.717, 1.165) is 4.68 Å². The minimum Gasteiger partial charge on any atom is -0.386 e. The van der Waals surface area contributed by atoms with E-state index in [-0.39, 0.29) is 11.1 Å². The van der Waals surface area contributed by atoms with E-state index in [9.17, 15) is 13.2 Å². The van der Waals surface area contributed by atoms with Crippen molar-refractivity contribution >= 4 is 11.6 Å². The van der Waals surface area contributed by atoms with Crippen molar-refractivity contribution in [1.82, 2.24) is 9.78 Å². The summed E-state index contributed by atoms with van der Waals surface area (Å²) in [5.74, 6) is -0.533. The molecule has 0 aliphatic heterocycles. The van der Waals surface area contributed by atoms with Gasteiger partial charge in [0.15, 0.2) is 0 Å². The first-order valence-corrected chi connectivity index (χ1v) is 4.10. The first-order valence-electron chi connectivity index (χ1n) is 3.72. The van der Waals surface area contributed by atoms with E-state index in [2.05, 4.69) is 16.0 Å². The Morgan fingerprint density at radius 1 is 1.50 bits per heavy atom. The molecule has 0 unspecified atom stereocenters. The van der Waals surface area contributed by atoms with Gasteiger partial charge in [-0.15, -0.1) is 13.2 Å². The van der Waals surface area contributed by atoms with Gasteiger partial charge in [0.25, 0.3) is 0 Å². The summed E-state index contributed by atoms with van der Waals surface area (Å²) < 4.78 is 40.4. The molecule has 0 saturated carbocycles. The van der Waals surface area contributed by atoms with Crippen LogP contribution in [-0.4, -0.2) is 16.1 Å². The van der Waals surface area contributed by atoms with Crippen LogP contribution in [0.1, 0.15) is 19.9 Å². The van der Waals surface area contributed by atoms with E-state index in [1.807, 2.05) is 0 Å². The van der Waals surface area contributed by atoms with Crippen LogP contribution in [-0.2, 0) is 0 Å². The molecule has 79 valence electrons. The third kappa shape index (κ3) is 2.54. The summed E-state index contributed by atoms with van der Waals surface area (Å²) in [5, 5.41) is 3.25. The zero-order valence-electron chi connectivity index (χ0n) is 7.39. The lowest BCUT2D eigenvalue weighted by atomic mass is 10.4. The van der Waals surface area contributed by atoms with E-state index >= 15 is 0 Å². The number of alkyl halides is 3. The van der Waals surface area contributed by atoms with Gasteiger partial charge in [0, 0.05) is 0 Å². The SMILES string of the molecule is CC(C)n1n[c]c(Cl)c1OC(F)(F)F. The lowest BCUT2D eigenvalue weighted by molar-refractivity contribution is -0.277. The first-order chi connectivity index (χ1) is 6.31. The summed E-state index contributed by atoms with van der Waals surface area (Å²) in [6.07, 6.45) is -2.58. The monoisotopic (exact) mass is 227 g/mol. The quantitative estimate of drug-likeness (QED) is 0.777. The van der Waals surface area contributed by atoms with E-state index in [4.69, 9.17) is 11.6 Å². The zero-order valence-corrected chi connectivity index (χ0v) is 8.15. The van der Waals surface area contributed by atoms with Crippen LogP contribution in [0.5, 0.6) is 5.88 Å². The predicted octanol–water partition coefficient (Wildman–Crippen LogP) is 2.82. The molecule has 1 heterocycles. The topological polar surface area (TPSA) is 27.1 Å².